The van der Waals surface area contributed by atoms with E-state index in [1.165, 1.54) is 80.9 Å². The van der Waals surface area contributed by atoms with Gasteiger partial charge in [-0.15, -0.1) is 0 Å². The van der Waals surface area contributed by atoms with E-state index < -0.39 is 0 Å². The van der Waals surface area contributed by atoms with E-state index in [1.54, 1.807) is 0 Å². The second-order valence-electron chi connectivity index (χ2n) is 9.52. The number of aryl methyl sites for hydroxylation is 1. The molecule has 0 saturated carbocycles. The van der Waals surface area contributed by atoms with Crippen molar-refractivity contribution >= 4 is 0 Å². The van der Waals surface area contributed by atoms with Crippen LogP contribution in [0.3, 0.4) is 0 Å². The highest BCUT2D eigenvalue weighted by atomic mass is 16.3. The molecule has 0 aromatic heterocycles. The summed E-state index contributed by atoms with van der Waals surface area (Å²) in [6.45, 7) is 2.28. The SMILES string of the molecule is CCCCCCCCCCCCc1cc(Cc2ccccc2)c(O)c(Cc2ccccc2)c1. The second-order valence-corrected chi connectivity index (χ2v) is 9.52. The molecule has 0 amide bonds. The van der Waals surface area contributed by atoms with Crippen molar-refractivity contribution in [2.24, 2.45) is 0 Å². The van der Waals surface area contributed by atoms with Crippen molar-refractivity contribution in [3.05, 3.63) is 101 Å². The molecule has 0 bridgehead atoms. The molecule has 0 unspecified atom stereocenters. The third-order valence-electron chi connectivity index (χ3n) is 6.62. The molecule has 0 fully saturated rings. The number of benzene rings is 3. The van der Waals surface area contributed by atoms with Gasteiger partial charge in [-0.05, 0) is 40.7 Å². The normalized spacial score (nSPS) is 11.1. The molecule has 1 heteroatoms. The molecule has 3 aromatic carbocycles. The maximum Gasteiger partial charge on any atom is 0.122 e. The molecular weight excluding hydrogens is 400 g/mol. The van der Waals surface area contributed by atoms with E-state index in [0.717, 1.165) is 30.4 Å². The van der Waals surface area contributed by atoms with Gasteiger partial charge < -0.3 is 5.11 Å². The van der Waals surface area contributed by atoms with Gasteiger partial charge in [-0.25, -0.2) is 0 Å². The molecule has 3 aromatic rings. The minimum absolute atomic E-state index is 0.467. The highest BCUT2D eigenvalue weighted by molar-refractivity contribution is 5.48. The number of unbranched alkanes of at least 4 members (excludes halogenated alkanes) is 9. The van der Waals surface area contributed by atoms with Gasteiger partial charge >= 0.3 is 0 Å². The Hall–Kier alpha value is -2.54. The molecule has 0 aliphatic carbocycles. The van der Waals surface area contributed by atoms with Crippen LogP contribution in [0.1, 0.15) is 98.9 Å². The van der Waals surface area contributed by atoms with Gasteiger partial charge in [-0.3, -0.25) is 0 Å². The highest BCUT2D eigenvalue weighted by Gasteiger charge is 2.12. The summed E-state index contributed by atoms with van der Waals surface area (Å²) in [7, 11) is 0. The molecule has 1 N–H and O–H groups in total. The van der Waals surface area contributed by atoms with Crippen LogP contribution in [0.5, 0.6) is 5.75 Å². The van der Waals surface area contributed by atoms with Crippen molar-refractivity contribution in [3.63, 3.8) is 0 Å². The van der Waals surface area contributed by atoms with Crippen LogP contribution in [0.4, 0.5) is 0 Å². The standard InChI is InChI=1S/C32H42O/c1-2-3-4-5-6-7-8-9-10-13-22-29-25-30(23-27-18-14-11-15-19-27)32(33)31(26-29)24-28-20-16-12-17-21-28/h11-12,14-21,25-26,33H,2-10,13,22-24H2,1H3. The fourth-order valence-corrected chi connectivity index (χ4v) is 4.69. The minimum Gasteiger partial charge on any atom is -0.507 e. The number of hydrogen-bond donors (Lipinski definition) is 1. The predicted molar refractivity (Wildman–Crippen MR) is 142 cm³/mol. The number of hydrogen-bond acceptors (Lipinski definition) is 1. The van der Waals surface area contributed by atoms with E-state index in [0.29, 0.717) is 5.75 Å². The van der Waals surface area contributed by atoms with Gasteiger partial charge in [0.05, 0.1) is 0 Å². The number of phenols is 1. The number of phenolic OH excluding ortho intramolecular Hbond substituents is 1. The Labute approximate surface area is 201 Å². The first-order valence-electron chi connectivity index (χ1n) is 13.2. The fourth-order valence-electron chi connectivity index (χ4n) is 4.69. The van der Waals surface area contributed by atoms with Crippen molar-refractivity contribution in [1.29, 1.82) is 0 Å². The average molecular weight is 443 g/mol. The van der Waals surface area contributed by atoms with E-state index in [9.17, 15) is 5.11 Å². The fraction of sp³-hybridized carbons (Fsp3) is 0.438. The third kappa shape index (κ3) is 9.08. The van der Waals surface area contributed by atoms with Crippen molar-refractivity contribution < 1.29 is 5.11 Å². The van der Waals surface area contributed by atoms with Gasteiger partial charge in [0.1, 0.15) is 5.75 Å². The summed E-state index contributed by atoms with van der Waals surface area (Å²) in [5.74, 6) is 0.467. The lowest BCUT2D eigenvalue weighted by Crippen LogP contribution is -1.98. The quantitative estimate of drug-likeness (QED) is 0.233. The highest BCUT2D eigenvalue weighted by Crippen LogP contribution is 2.30. The van der Waals surface area contributed by atoms with Gasteiger partial charge in [0.25, 0.3) is 0 Å². The molecule has 176 valence electrons. The second kappa shape index (κ2) is 14.6. The third-order valence-corrected chi connectivity index (χ3v) is 6.62. The Morgan fingerprint density at radius 1 is 0.515 bits per heavy atom. The van der Waals surface area contributed by atoms with E-state index in [-0.39, 0.29) is 0 Å². The first-order chi connectivity index (χ1) is 16.3. The van der Waals surface area contributed by atoms with Crippen LogP contribution in [0.25, 0.3) is 0 Å². The maximum atomic E-state index is 11.1. The topological polar surface area (TPSA) is 20.2 Å². The Balaban J connectivity index is 1.58. The zero-order chi connectivity index (χ0) is 23.1. The van der Waals surface area contributed by atoms with Gasteiger partial charge in [0, 0.05) is 12.8 Å². The molecule has 0 saturated heterocycles. The van der Waals surface area contributed by atoms with Crippen LogP contribution in [-0.4, -0.2) is 5.11 Å². The number of rotatable bonds is 15. The van der Waals surface area contributed by atoms with E-state index in [4.69, 9.17) is 0 Å². The molecule has 0 spiro atoms. The monoisotopic (exact) mass is 442 g/mol. The molecule has 3 rings (SSSR count). The Kier molecular flexibility index (Phi) is 11.1. The summed E-state index contributed by atoms with van der Waals surface area (Å²) in [5, 5.41) is 11.1. The van der Waals surface area contributed by atoms with Crippen molar-refractivity contribution in [3.8, 4) is 5.75 Å². The van der Waals surface area contributed by atoms with E-state index >= 15 is 0 Å². The smallest absolute Gasteiger partial charge is 0.122 e. The largest absolute Gasteiger partial charge is 0.507 e. The summed E-state index contributed by atoms with van der Waals surface area (Å²) in [4.78, 5) is 0. The van der Waals surface area contributed by atoms with E-state index in [2.05, 4.69) is 67.6 Å². The van der Waals surface area contributed by atoms with Crippen molar-refractivity contribution in [2.75, 3.05) is 0 Å². The summed E-state index contributed by atoms with van der Waals surface area (Å²) in [6, 6.07) is 25.4. The molecule has 0 aliphatic rings. The van der Waals surface area contributed by atoms with Gasteiger partial charge in [-0.1, -0.05) is 138 Å². The van der Waals surface area contributed by atoms with Crippen molar-refractivity contribution in [2.45, 2.75) is 90.4 Å². The lowest BCUT2D eigenvalue weighted by molar-refractivity contribution is 0.463. The minimum atomic E-state index is 0.467. The predicted octanol–water partition coefficient (Wildman–Crippen LogP) is 9.04. The van der Waals surface area contributed by atoms with Gasteiger partial charge in [0.2, 0.25) is 0 Å². The molecular formula is C32H42O. The summed E-state index contributed by atoms with van der Waals surface area (Å²) in [5.41, 5.74) is 5.96. The van der Waals surface area contributed by atoms with Crippen LogP contribution in [0.2, 0.25) is 0 Å². The molecule has 0 radical (unpaired) electrons. The summed E-state index contributed by atoms with van der Waals surface area (Å²) >= 11 is 0. The molecule has 1 nitrogen and oxygen atoms in total. The molecule has 0 atom stereocenters. The molecule has 0 aliphatic heterocycles. The van der Waals surface area contributed by atoms with Crippen LogP contribution < -0.4 is 0 Å². The summed E-state index contributed by atoms with van der Waals surface area (Å²) in [6.07, 6.45) is 16.3. The Bertz CT molecular complexity index is 851. The number of aromatic hydroxyl groups is 1. The Morgan fingerprint density at radius 3 is 1.39 bits per heavy atom. The van der Waals surface area contributed by atoms with E-state index in [1.807, 2.05) is 12.1 Å². The summed E-state index contributed by atoms with van der Waals surface area (Å²) < 4.78 is 0. The first kappa shape index (κ1) is 25.1. The van der Waals surface area contributed by atoms with Gasteiger partial charge in [-0.2, -0.15) is 0 Å². The lowest BCUT2D eigenvalue weighted by Gasteiger charge is -2.14. The van der Waals surface area contributed by atoms with Crippen LogP contribution in [-0.2, 0) is 19.3 Å². The van der Waals surface area contributed by atoms with Crippen LogP contribution >= 0.6 is 0 Å². The van der Waals surface area contributed by atoms with Crippen LogP contribution in [0, 0.1) is 0 Å². The molecule has 33 heavy (non-hydrogen) atoms. The zero-order valence-corrected chi connectivity index (χ0v) is 20.6. The maximum absolute atomic E-state index is 11.1. The average Bonchev–Trinajstić information content (AvgIpc) is 2.84. The zero-order valence-electron chi connectivity index (χ0n) is 20.6. The van der Waals surface area contributed by atoms with Crippen LogP contribution in [0.15, 0.2) is 72.8 Å². The first-order valence-corrected chi connectivity index (χ1v) is 13.2. The van der Waals surface area contributed by atoms with Crippen molar-refractivity contribution in [1.82, 2.24) is 0 Å². The van der Waals surface area contributed by atoms with Gasteiger partial charge in [0.15, 0.2) is 0 Å². The molecule has 0 heterocycles. The Morgan fingerprint density at radius 2 is 0.939 bits per heavy atom. The lowest BCUT2D eigenvalue weighted by atomic mass is 9.93.